The van der Waals surface area contributed by atoms with Crippen LogP contribution in [0.4, 0.5) is 0 Å². The number of rotatable bonds is 5. The highest BCUT2D eigenvalue weighted by Crippen LogP contribution is 2.21. The number of carbonyl (C=O) groups excluding carboxylic acids is 1. The summed E-state index contributed by atoms with van der Waals surface area (Å²) < 4.78 is 12.7. The third-order valence-corrected chi connectivity index (χ3v) is 4.61. The van der Waals surface area contributed by atoms with Gasteiger partial charge in [-0.3, -0.25) is 9.00 Å². The fraction of sp³-hybridized carbons (Fsp3) is 0.333. The highest BCUT2D eigenvalue weighted by atomic mass is 35.5. The van der Waals surface area contributed by atoms with Gasteiger partial charge in [-0.1, -0.05) is 17.7 Å². The van der Waals surface area contributed by atoms with Gasteiger partial charge in [0.2, 0.25) is 0 Å². The lowest BCUT2D eigenvalue weighted by Crippen LogP contribution is -2.38. The number of hydrogen-bond donors (Lipinski definition) is 1. The van der Waals surface area contributed by atoms with Crippen molar-refractivity contribution >= 4 is 28.3 Å². The number of aromatic hydroxyl groups is 1. The Morgan fingerprint density at radius 2 is 2.22 bits per heavy atom. The number of aromatic nitrogens is 2. The summed E-state index contributed by atoms with van der Waals surface area (Å²) in [5, 5.41) is 14.7. The molecule has 0 saturated carbocycles. The van der Waals surface area contributed by atoms with E-state index in [1.807, 2.05) is 0 Å². The van der Waals surface area contributed by atoms with E-state index in [1.54, 1.807) is 44.5 Å². The standard InChI is InChI=1S/C15H18ClN3O3S/c1-10(9-23(3)22)18(2)15(21)14-13(20)8-19(17-14)12-6-4-5-11(16)7-12/h4-8,10,20H,9H2,1-3H3. The van der Waals surface area contributed by atoms with Crippen molar-refractivity contribution in [2.24, 2.45) is 0 Å². The molecule has 0 radical (unpaired) electrons. The summed E-state index contributed by atoms with van der Waals surface area (Å²) in [5.74, 6) is -0.286. The Hall–Kier alpha value is -1.86. The molecular formula is C15H18ClN3O3S. The molecule has 0 spiro atoms. The summed E-state index contributed by atoms with van der Waals surface area (Å²) in [5.41, 5.74) is 0.582. The van der Waals surface area contributed by atoms with Crippen LogP contribution in [0.3, 0.4) is 0 Å². The summed E-state index contributed by atoms with van der Waals surface area (Å²) in [6, 6.07) is 6.68. The lowest BCUT2D eigenvalue weighted by atomic mass is 10.3. The van der Waals surface area contributed by atoms with Crippen LogP contribution in [0.5, 0.6) is 5.75 Å². The van der Waals surface area contributed by atoms with Crippen molar-refractivity contribution in [2.75, 3.05) is 19.1 Å². The van der Waals surface area contributed by atoms with Gasteiger partial charge in [-0.05, 0) is 25.1 Å². The van der Waals surface area contributed by atoms with Gasteiger partial charge < -0.3 is 10.0 Å². The van der Waals surface area contributed by atoms with E-state index in [1.165, 1.54) is 15.8 Å². The first-order valence-corrected chi connectivity index (χ1v) is 9.02. The first kappa shape index (κ1) is 17.5. The molecule has 1 heterocycles. The third-order valence-electron chi connectivity index (χ3n) is 3.43. The average molecular weight is 356 g/mol. The van der Waals surface area contributed by atoms with Crippen LogP contribution in [-0.2, 0) is 10.8 Å². The monoisotopic (exact) mass is 355 g/mol. The Balaban J connectivity index is 2.27. The van der Waals surface area contributed by atoms with Gasteiger partial charge in [-0.25, -0.2) is 4.68 Å². The Labute approximate surface area is 142 Å². The first-order chi connectivity index (χ1) is 10.8. The average Bonchev–Trinajstić information content (AvgIpc) is 2.87. The molecule has 6 nitrogen and oxygen atoms in total. The topological polar surface area (TPSA) is 75.4 Å². The minimum absolute atomic E-state index is 0.0544. The van der Waals surface area contributed by atoms with Crippen LogP contribution in [0.15, 0.2) is 30.5 Å². The molecule has 2 rings (SSSR count). The predicted octanol–water partition coefficient (Wildman–Crippen LogP) is 2.07. The van der Waals surface area contributed by atoms with E-state index in [9.17, 15) is 14.1 Å². The number of carbonyl (C=O) groups is 1. The van der Waals surface area contributed by atoms with Crippen molar-refractivity contribution in [2.45, 2.75) is 13.0 Å². The normalized spacial score (nSPS) is 13.6. The maximum atomic E-state index is 12.5. The van der Waals surface area contributed by atoms with Crippen molar-refractivity contribution in [3.63, 3.8) is 0 Å². The van der Waals surface area contributed by atoms with E-state index in [0.29, 0.717) is 16.5 Å². The SMILES string of the molecule is CC(CS(C)=O)N(C)C(=O)c1nn(-c2cccc(Cl)c2)cc1O. The Morgan fingerprint density at radius 1 is 1.52 bits per heavy atom. The number of amides is 1. The number of nitrogens with zero attached hydrogens (tertiary/aromatic N) is 3. The third kappa shape index (κ3) is 4.11. The summed E-state index contributed by atoms with van der Waals surface area (Å²) in [6.07, 6.45) is 2.94. The Kier molecular flexibility index (Phi) is 5.43. The van der Waals surface area contributed by atoms with Crippen LogP contribution < -0.4 is 0 Å². The molecule has 0 aliphatic heterocycles. The highest BCUT2D eigenvalue weighted by molar-refractivity contribution is 7.84. The van der Waals surface area contributed by atoms with Crippen molar-refractivity contribution in [1.29, 1.82) is 0 Å². The maximum absolute atomic E-state index is 12.5. The maximum Gasteiger partial charge on any atom is 0.278 e. The van der Waals surface area contributed by atoms with E-state index < -0.39 is 16.7 Å². The van der Waals surface area contributed by atoms with Crippen molar-refractivity contribution < 1.29 is 14.1 Å². The van der Waals surface area contributed by atoms with Crippen molar-refractivity contribution in [3.8, 4) is 11.4 Å². The zero-order valence-corrected chi connectivity index (χ0v) is 14.6. The lowest BCUT2D eigenvalue weighted by Gasteiger charge is -2.23. The number of hydrogen-bond acceptors (Lipinski definition) is 4. The van der Waals surface area contributed by atoms with E-state index in [-0.39, 0.29) is 17.5 Å². The van der Waals surface area contributed by atoms with Gasteiger partial charge in [0.1, 0.15) is 0 Å². The van der Waals surface area contributed by atoms with E-state index in [4.69, 9.17) is 11.6 Å². The molecule has 8 heteroatoms. The van der Waals surface area contributed by atoms with Crippen LogP contribution in [0.25, 0.3) is 5.69 Å². The summed E-state index contributed by atoms with van der Waals surface area (Å²) >= 11 is 5.94. The van der Waals surface area contributed by atoms with Crippen LogP contribution in [-0.4, -0.2) is 55.0 Å². The van der Waals surface area contributed by atoms with Gasteiger partial charge in [0.05, 0.1) is 11.9 Å². The summed E-state index contributed by atoms with van der Waals surface area (Å²) in [6.45, 7) is 1.80. The van der Waals surface area contributed by atoms with Crippen LogP contribution in [0.2, 0.25) is 5.02 Å². The molecule has 0 aliphatic carbocycles. The largest absolute Gasteiger partial charge is 0.504 e. The molecule has 2 atom stereocenters. The van der Waals surface area contributed by atoms with Crippen molar-refractivity contribution in [1.82, 2.24) is 14.7 Å². The summed E-state index contributed by atoms with van der Waals surface area (Å²) in [7, 11) is 0.577. The van der Waals surface area contributed by atoms with Gasteiger partial charge in [0, 0.05) is 40.9 Å². The lowest BCUT2D eigenvalue weighted by molar-refractivity contribution is 0.0748. The van der Waals surface area contributed by atoms with Gasteiger partial charge in [-0.2, -0.15) is 5.10 Å². The summed E-state index contributed by atoms with van der Waals surface area (Å²) in [4.78, 5) is 13.9. The molecular weight excluding hydrogens is 338 g/mol. The quantitative estimate of drug-likeness (QED) is 0.890. The molecule has 1 amide bonds. The molecule has 0 aliphatic rings. The van der Waals surface area contributed by atoms with Crippen LogP contribution >= 0.6 is 11.6 Å². The smallest absolute Gasteiger partial charge is 0.278 e. The minimum Gasteiger partial charge on any atom is -0.504 e. The van der Waals surface area contributed by atoms with Gasteiger partial charge >= 0.3 is 0 Å². The zero-order valence-electron chi connectivity index (χ0n) is 13.1. The molecule has 0 saturated heterocycles. The molecule has 1 aromatic heterocycles. The molecule has 23 heavy (non-hydrogen) atoms. The fourth-order valence-corrected chi connectivity index (χ4v) is 3.17. The molecule has 0 bridgehead atoms. The minimum atomic E-state index is -1.02. The van der Waals surface area contributed by atoms with Gasteiger partial charge in [-0.15, -0.1) is 0 Å². The second-order valence-electron chi connectivity index (χ2n) is 5.29. The van der Waals surface area contributed by atoms with E-state index >= 15 is 0 Å². The number of halogens is 1. The van der Waals surface area contributed by atoms with Gasteiger partial charge in [0.25, 0.3) is 5.91 Å². The first-order valence-electron chi connectivity index (χ1n) is 6.91. The second-order valence-corrected chi connectivity index (χ2v) is 7.21. The van der Waals surface area contributed by atoms with Crippen molar-refractivity contribution in [3.05, 3.63) is 41.2 Å². The zero-order chi connectivity index (χ0) is 17.1. The predicted molar refractivity (Wildman–Crippen MR) is 90.7 cm³/mol. The molecule has 2 unspecified atom stereocenters. The molecule has 0 fully saturated rings. The van der Waals surface area contributed by atoms with Crippen LogP contribution in [0, 0.1) is 0 Å². The molecule has 124 valence electrons. The Bertz CT molecular complexity index is 747. The van der Waals surface area contributed by atoms with E-state index in [2.05, 4.69) is 5.10 Å². The van der Waals surface area contributed by atoms with Crippen LogP contribution in [0.1, 0.15) is 17.4 Å². The Morgan fingerprint density at radius 3 is 2.83 bits per heavy atom. The highest BCUT2D eigenvalue weighted by Gasteiger charge is 2.24. The molecule has 2 aromatic rings. The second kappa shape index (κ2) is 7.14. The molecule has 1 aromatic carbocycles. The molecule has 1 N–H and O–H groups in total. The van der Waals surface area contributed by atoms with E-state index in [0.717, 1.165) is 0 Å². The number of benzene rings is 1. The van der Waals surface area contributed by atoms with Gasteiger partial charge in [0.15, 0.2) is 11.4 Å². The fourth-order valence-electron chi connectivity index (χ4n) is 2.09.